The summed E-state index contributed by atoms with van der Waals surface area (Å²) in [4.78, 5) is 9.94. The molecule has 0 fully saturated rings. The molecule has 0 aromatic carbocycles. The molecular formula is C3H10N2O2. The lowest BCUT2D eigenvalue weighted by Crippen LogP contribution is -2.28. The van der Waals surface area contributed by atoms with E-state index >= 15 is 0 Å². The molecule has 0 aliphatic heterocycles. The average molecular weight is 106 g/mol. The fraction of sp³-hybridized carbons (Fsp3) is 0.667. The number of rotatable bonds is 1. The Labute approximate surface area is 42.0 Å². The van der Waals surface area contributed by atoms with Crippen molar-refractivity contribution in [1.82, 2.24) is 5.43 Å². The van der Waals surface area contributed by atoms with E-state index in [1.165, 1.54) is 0 Å². The highest BCUT2D eigenvalue weighted by molar-refractivity contribution is 5.74. The Balaban J connectivity index is 0. The average Bonchev–Trinajstić information content (AvgIpc) is 1.65. The minimum absolute atomic E-state index is 0. The first-order chi connectivity index (χ1) is 2.81. The minimum Gasteiger partial charge on any atom is -0.412 e. The second-order valence-electron chi connectivity index (χ2n) is 0.921. The molecule has 4 heteroatoms. The molecule has 44 valence electrons. The maximum absolute atomic E-state index is 9.94. The molecule has 4 nitrogen and oxygen atoms in total. The van der Waals surface area contributed by atoms with Gasteiger partial charge in [-0.2, -0.15) is 0 Å². The van der Waals surface area contributed by atoms with E-state index in [2.05, 4.69) is 5.84 Å². The Bertz CT molecular complexity index is 48.9. The van der Waals surface area contributed by atoms with Crippen LogP contribution in [0.25, 0.3) is 0 Å². The predicted octanol–water partition coefficient (Wildman–Crippen LogP) is -1.44. The van der Waals surface area contributed by atoms with Crippen LogP contribution < -0.4 is 11.3 Å². The maximum atomic E-state index is 9.94. The molecule has 1 amide bonds. The number of carbonyl (C=O) groups excluding carboxylic acids is 1. The van der Waals surface area contributed by atoms with E-state index < -0.39 is 0 Å². The van der Waals surface area contributed by atoms with Crippen LogP contribution in [0.1, 0.15) is 13.3 Å². The van der Waals surface area contributed by atoms with E-state index in [0.29, 0.717) is 6.42 Å². The first kappa shape index (κ1) is 9.63. The molecule has 0 saturated carbocycles. The monoisotopic (exact) mass is 106 g/mol. The van der Waals surface area contributed by atoms with Gasteiger partial charge in [-0.1, -0.05) is 6.92 Å². The lowest BCUT2D eigenvalue weighted by Gasteiger charge is -1.87. The molecule has 0 unspecified atom stereocenters. The molecule has 7 heavy (non-hydrogen) atoms. The number of hydrogen-bond acceptors (Lipinski definition) is 2. The summed E-state index contributed by atoms with van der Waals surface area (Å²) in [6, 6.07) is 0. The minimum atomic E-state index is -0.130. The third kappa shape index (κ3) is 5.39. The van der Waals surface area contributed by atoms with Crippen molar-refractivity contribution in [1.29, 1.82) is 0 Å². The van der Waals surface area contributed by atoms with Gasteiger partial charge in [-0.05, 0) is 0 Å². The van der Waals surface area contributed by atoms with Gasteiger partial charge in [0.05, 0.1) is 0 Å². The predicted molar refractivity (Wildman–Crippen MR) is 26.2 cm³/mol. The molecule has 0 rings (SSSR count). The van der Waals surface area contributed by atoms with Crippen LogP contribution in [-0.4, -0.2) is 11.4 Å². The SMILES string of the molecule is CCC(=O)NN.O. The van der Waals surface area contributed by atoms with Gasteiger partial charge in [0.15, 0.2) is 0 Å². The van der Waals surface area contributed by atoms with Gasteiger partial charge in [-0.3, -0.25) is 10.2 Å². The molecule has 0 aliphatic rings. The van der Waals surface area contributed by atoms with E-state index in [1.807, 2.05) is 5.43 Å². The smallest absolute Gasteiger partial charge is 0.233 e. The van der Waals surface area contributed by atoms with Crippen LogP contribution in [0, 0.1) is 0 Å². The fourth-order valence-corrected chi connectivity index (χ4v) is 0.102. The molecule has 0 heterocycles. The Morgan fingerprint density at radius 3 is 2.29 bits per heavy atom. The van der Waals surface area contributed by atoms with Gasteiger partial charge in [-0.25, -0.2) is 5.84 Å². The van der Waals surface area contributed by atoms with Gasteiger partial charge in [0.25, 0.3) is 0 Å². The number of nitrogens with one attached hydrogen (secondary N) is 1. The highest BCUT2D eigenvalue weighted by atomic mass is 16.2. The Morgan fingerprint density at radius 2 is 2.29 bits per heavy atom. The van der Waals surface area contributed by atoms with Gasteiger partial charge >= 0.3 is 0 Å². The van der Waals surface area contributed by atoms with Crippen LogP contribution in [0.15, 0.2) is 0 Å². The van der Waals surface area contributed by atoms with Crippen molar-refractivity contribution in [2.75, 3.05) is 0 Å². The molecule has 0 bridgehead atoms. The Hall–Kier alpha value is -0.610. The summed E-state index contributed by atoms with van der Waals surface area (Å²) in [5.74, 6) is 4.55. The maximum Gasteiger partial charge on any atom is 0.233 e. The van der Waals surface area contributed by atoms with Crippen LogP contribution in [0.3, 0.4) is 0 Å². The summed E-state index contributed by atoms with van der Waals surface area (Å²) in [7, 11) is 0. The topological polar surface area (TPSA) is 86.6 Å². The Kier molecular flexibility index (Phi) is 7.42. The summed E-state index contributed by atoms with van der Waals surface area (Å²) in [6.45, 7) is 1.74. The second kappa shape index (κ2) is 5.39. The summed E-state index contributed by atoms with van der Waals surface area (Å²) >= 11 is 0. The molecule has 0 atom stereocenters. The van der Waals surface area contributed by atoms with Gasteiger partial charge in [0.1, 0.15) is 0 Å². The van der Waals surface area contributed by atoms with E-state index in [4.69, 9.17) is 0 Å². The van der Waals surface area contributed by atoms with Crippen LogP contribution in [-0.2, 0) is 4.79 Å². The summed E-state index contributed by atoms with van der Waals surface area (Å²) in [6.07, 6.45) is 0.455. The standard InChI is InChI=1S/C3H8N2O.H2O/c1-2-3(6)5-4;/h2,4H2,1H3,(H,5,6);1H2. The molecule has 0 aliphatic carbocycles. The highest BCUT2D eigenvalue weighted by Crippen LogP contribution is 1.66. The van der Waals surface area contributed by atoms with Crippen molar-refractivity contribution < 1.29 is 10.3 Å². The van der Waals surface area contributed by atoms with Crippen molar-refractivity contribution in [2.24, 2.45) is 5.84 Å². The molecule has 0 saturated heterocycles. The van der Waals surface area contributed by atoms with Crippen molar-refractivity contribution in [3.8, 4) is 0 Å². The van der Waals surface area contributed by atoms with E-state index in [9.17, 15) is 4.79 Å². The number of hydrogen-bond donors (Lipinski definition) is 2. The van der Waals surface area contributed by atoms with Crippen LogP contribution >= 0.6 is 0 Å². The van der Waals surface area contributed by atoms with Gasteiger partial charge in [0.2, 0.25) is 5.91 Å². The molecule has 0 aromatic rings. The van der Waals surface area contributed by atoms with Crippen molar-refractivity contribution in [2.45, 2.75) is 13.3 Å². The molecule has 5 N–H and O–H groups in total. The molecule has 0 spiro atoms. The van der Waals surface area contributed by atoms with Crippen molar-refractivity contribution in [3.05, 3.63) is 0 Å². The number of amides is 1. The van der Waals surface area contributed by atoms with Gasteiger partial charge in [-0.15, -0.1) is 0 Å². The Morgan fingerprint density at radius 1 is 1.86 bits per heavy atom. The lowest BCUT2D eigenvalue weighted by molar-refractivity contribution is -0.120. The molecule has 0 radical (unpaired) electrons. The second-order valence-corrected chi connectivity index (χ2v) is 0.921. The van der Waals surface area contributed by atoms with Gasteiger partial charge in [0, 0.05) is 6.42 Å². The van der Waals surface area contributed by atoms with Crippen molar-refractivity contribution >= 4 is 5.91 Å². The van der Waals surface area contributed by atoms with E-state index in [0.717, 1.165) is 0 Å². The number of nitrogens with two attached hydrogens (primary N) is 1. The first-order valence-electron chi connectivity index (χ1n) is 1.80. The van der Waals surface area contributed by atoms with E-state index in [1.54, 1.807) is 6.92 Å². The van der Waals surface area contributed by atoms with E-state index in [-0.39, 0.29) is 11.4 Å². The fourth-order valence-electron chi connectivity index (χ4n) is 0.102. The lowest BCUT2D eigenvalue weighted by atomic mass is 10.5. The zero-order valence-electron chi connectivity index (χ0n) is 4.19. The summed E-state index contributed by atoms with van der Waals surface area (Å²) in [5, 5.41) is 0. The zero-order chi connectivity index (χ0) is 4.99. The molecule has 0 aromatic heterocycles. The number of hydrazine groups is 1. The van der Waals surface area contributed by atoms with Crippen LogP contribution in [0.2, 0.25) is 0 Å². The molecular weight excluding hydrogens is 96.0 g/mol. The summed E-state index contributed by atoms with van der Waals surface area (Å²) < 4.78 is 0. The van der Waals surface area contributed by atoms with Crippen LogP contribution in [0.4, 0.5) is 0 Å². The number of carbonyl (C=O) groups is 1. The van der Waals surface area contributed by atoms with Crippen LogP contribution in [0.5, 0.6) is 0 Å². The van der Waals surface area contributed by atoms with Gasteiger partial charge < -0.3 is 5.48 Å². The summed E-state index contributed by atoms with van der Waals surface area (Å²) in [5.41, 5.74) is 1.98. The van der Waals surface area contributed by atoms with Crippen molar-refractivity contribution in [3.63, 3.8) is 0 Å². The third-order valence-corrected chi connectivity index (χ3v) is 0.482. The third-order valence-electron chi connectivity index (χ3n) is 0.482. The normalized spacial score (nSPS) is 6.57. The quantitative estimate of drug-likeness (QED) is 0.244. The first-order valence-corrected chi connectivity index (χ1v) is 1.80. The highest BCUT2D eigenvalue weighted by Gasteiger charge is 1.85. The largest absolute Gasteiger partial charge is 0.412 e. The zero-order valence-corrected chi connectivity index (χ0v) is 4.19.